The second-order valence-corrected chi connectivity index (χ2v) is 2.26. The Bertz CT molecular complexity index is 217. The third kappa shape index (κ3) is 5.86. The van der Waals surface area contributed by atoms with Crippen molar-refractivity contribution >= 4 is 11.9 Å². The maximum Gasteiger partial charge on any atom is 0.331 e. The van der Waals surface area contributed by atoms with Gasteiger partial charge in [-0.05, 0) is 0 Å². The van der Waals surface area contributed by atoms with Gasteiger partial charge in [0.25, 0.3) is 0 Å². The molecule has 0 aliphatic carbocycles. The summed E-state index contributed by atoms with van der Waals surface area (Å²) in [6, 6.07) is 0. The fourth-order valence-corrected chi connectivity index (χ4v) is 0.527. The highest BCUT2D eigenvalue weighted by atomic mass is 16.6. The Morgan fingerprint density at radius 2 is 2.15 bits per heavy atom. The summed E-state index contributed by atoms with van der Waals surface area (Å²) in [4.78, 5) is 20.6. The second kappa shape index (κ2) is 5.31. The van der Waals surface area contributed by atoms with E-state index in [-0.39, 0.29) is 20.1 Å². The van der Waals surface area contributed by atoms with Gasteiger partial charge in [0.1, 0.15) is 12.7 Å². The molecule has 1 N–H and O–H groups in total. The van der Waals surface area contributed by atoms with E-state index in [0.29, 0.717) is 6.61 Å². The molecule has 5 nitrogen and oxygen atoms in total. The van der Waals surface area contributed by atoms with Crippen molar-refractivity contribution in [2.24, 2.45) is 0 Å². The van der Waals surface area contributed by atoms with Gasteiger partial charge in [-0.1, -0.05) is 7.43 Å². The number of carbonyl (C=O) groups excluding carboxylic acids is 1. The highest BCUT2D eigenvalue weighted by Crippen LogP contribution is 2.08. The van der Waals surface area contributed by atoms with Gasteiger partial charge in [0.2, 0.25) is 0 Å². The van der Waals surface area contributed by atoms with Crippen molar-refractivity contribution in [3.05, 3.63) is 12.2 Å². The molecule has 74 valence electrons. The summed E-state index contributed by atoms with van der Waals surface area (Å²) >= 11 is 0. The topological polar surface area (TPSA) is 76.1 Å². The lowest BCUT2D eigenvalue weighted by Gasteiger charge is -1.95. The largest absolute Gasteiger partial charge is 0.478 e. The quantitative estimate of drug-likeness (QED) is 0.387. The average Bonchev–Trinajstić information content (AvgIpc) is 2.80. The van der Waals surface area contributed by atoms with E-state index in [1.54, 1.807) is 0 Å². The number of epoxide rings is 1. The maximum atomic E-state index is 10.7. The lowest BCUT2D eigenvalue weighted by Crippen LogP contribution is -2.07. The van der Waals surface area contributed by atoms with Gasteiger partial charge in [-0.2, -0.15) is 0 Å². The number of rotatable bonds is 4. The van der Waals surface area contributed by atoms with Crippen LogP contribution in [0.5, 0.6) is 0 Å². The molecule has 1 aliphatic heterocycles. The normalized spacial score (nSPS) is 19.2. The number of aliphatic carboxylic acids is 1. The first-order valence-corrected chi connectivity index (χ1v) is 3.38. The predicted octanol–water partition coefficient (Wildman–Crippen LogP) is 0.205. The molecule has 0 radical (unpaired) electrons. The van der Waals surface area contributed by atoms with Crippen LogP contribution in [0.1, 0.15) is 7.43 Å². The number of carboxylic acids is 1. The molecule has 0 aromatic rings. The molecule has 1 fully saturated rings. The molecular formula is C8H12O5. The van der Waals surface area contributed by atoms with E-state index in [1.165, 1.54) is 0 Å². The molecule has 0 bridgehead atoms. The minimum Gasteiger partial charge on any atom is -0.478 e. The molecule has 1 rings (SSSR count). The van der Waals surface area contributed by atoms with Gasteiger partial charge in [-0.15, -0.1) is 0 Å². The number of carboxylic acid groups (broad SMARTS) is 1. The Morgan fingerprint density at radius 1 is 1.54 bits per heavy atom. The Hall–Kier alpha value is -1.36. The van der Waals surface area contributed by atoms with Gasteiger partial charge in [0.15, 0.2) is 0 Å². The number of ether oxygens (including phenoxy) is 2. The van der Waals surface area contributed by atoms with Crippen molar-refractivity contribution in [1.82, 2.24) is 0 Å². The van der Waals surface area contributed by atoms with E-state index < -0.39 is 11.9 Å². The molecular weight excluding hydrogens is 176 g/mol. The third-order valence-corrected chi connectivity index (χ3v) is 1.18. The fourth-order valence-electron chi connectivity index (χ4n) is 0.527. The molecule has 1 saturated heterocycles. The standard InChI is InChI=1S/C7H8O5.CH4/c8-6(9)1-2-7(10)12-4-5-3-11-5;/h1-2,5H,3-4H2,(H,8,9);1H4. The fraction of sp³-hybridized carbons (Fsp3) is 0.500. The highest BCUT2D eigenvalue weighted by molar-refractivity contribution is 5.90. The molecule has 1 unspecified atom stereocenters. The zero-order chi connectivity index (χ0) is 8.97. The average molecular weight is 188 g/mol. The minimum atomic E-state index is -1.17. The molecule has 0 aromatic heterocycles. The van der Waals surface area contributed by atoms with Crippen molar-refractivity contribution < 1.29 is 24.2 Å². The smallest absolute Gasteiger partial charge is 0.331 e. The molecule has 0 amide bonds. The first-order valence-electron chi connectivity index (χ1n) is 3.38. The van der Waals surface area contributed by atoms with Crippen LogP contribution in [0, 0.1) is 0 Å². The van der Waals surface area contributed by atoms with Crippen LogP contribution in [0.4, 0.5) is 0 Å². The van der Waals surface area contributed by atoms with Crippen LogP contribution < -0.4 is 0 Å². The van der Waals surface area contributed by atoms with Crippen LogP contribution >= 0.6 is 0 Å². The molecule has 0 saturated carbocycles. The molecule has 1 atom stereocenters. The summed E-state index contributed by atoms with van der Waals surface area (Å²) < 4.78 is 9.37. The van der Waals surface area contributed by atoms with E-state index in [9.17, 15) is 9.59 Å². The Labute approximate surface area is 75.9 Å². The first-order chi connectivity index (χ1) is 5.68. The van der Waals surface area contributed by atoms with Crippen molar-refractivity contribution in [1.29, 1.82) is 0 Å². The molecule has 0 aromatic carbocycles. The number of hydrogen-bond acceptors (Lipinski definition) is 4. The SMILES string of the molecule is C.O=C(O)C=CC(=O)OCC1CO1. The zero-order valence-corrected chi connectivity index (χ0v) is 6.23. The van der Waals surface area contributed by atoms with Crippen LogP contribution in [0.2, 0.25) is 0 Å². The van der Waals surface area contributed by atoms with Gasteiger partial charge >= 0.3 is 11.9 Å². The van der Waals surface area contributed by atoms with Gasteiger partial charge in [-0.3, -0.25) is 0 Å². The van der Waals surface area contributed by atoms with Gasteiger partial charge in [0, 0.05) is 12.2 Å². The number of carbonyl (C=O) groups is 2. The van der Waals surface area contributed by atoms with Crippen LogP contribution in [-0.4, -0.2) is 36.4 Å². The molecule has 1 heterocycles. The van der Waals surface area contributed by atoms with Crippen LogP contribution in [0.15, 0.2) is 12.2 Å². The van der Waals surface area contributed by atoms with Crippen LogP contribution in [-0.2, 0) is 19.1 Å². The van der Waals surface area contributed by atoms with Crippen molar-refractivity contribution in [2.75, 3.05) is 13.2 Å². The maximum absolute atomic E-state index is 10.7. The summed E-state index contributed by atoms with van der Waals surface area (Å²) in [5.41, 5.74) is 0. The summed E-state index contributed by atoms with van der Waals surface area (Å²) in [7, 11) is 0. The van der Waals surface area contributed by atoms with Crippen molar-refractivity contribution in [3.63, 3.8) is 0 Å². The number of esters is 1. The van der Waals surface area contributed by atoms with Crippen LogP contribution in [0.25, 0.3) is 0 Å². The second-order valence-electron chi connectivity index (χ2n) is 2.26. The third-order valence-electron chi connectivity index (χ3n) is 1.18. The van der Waals surface area contributed by atoms with Crippen molar-refractivity contribution in [3.8, 4) is 0 Å². The molecule has 13 heavy (non-hydrogen) atoms. The summed E-state index contributed by atoms with van der Waals surface area (Å²) in [6.07, 6.45) is 1.60. The Balaban J connectivity index is 0.00000144. The summed E-state index contributed by atoms with van der Waals surface area (Å²) in [5.74, 6) is -1.83. The molecule has 5 heteroatoms. The van der Waals surface area contributed by atoms with E-state index >= 15 is 0 Å². The van der Waals surface area contributed by atoms with Crippen molar-refractivity contribution in [2.45, 2.75) is 13.5 Å². The summed E-state index contributed by atoms with van der Waals surface area (Å²) in [5, 5.41) is 8.13. The lowest BCUT2D eigenvalue weighted by atomic mass is 10.5. The van der Waals surface area contributed by atoms with E-state index in [0.717, 1.165) is 12.2 Å². The van der Waals surface area contributed by atoms with Crippen LogP contribution in [0.3, 0.4) is 0 Å². The zero-order valence-electron chi connectivity index (χ0n) is 6.23. The lowest BCUT2D eigenvalue weighted by molar-refractivity contribution is -0.139. The Morgan fingerprint density at radius 3 is 2.62 bits per heavy atom. The first kappa shape index (κ1) is 11.6. The minimum absolute atomic E-state index is 0. The molecule has 1 aliphatic rings. The van der Waals surface area contributed by atoms with Gasteiger partial charge in [-0.25, -0.2) is 9.59 Å². The molecule has 0 spiro atoms. The summed E-state index contributed by atoms with van der Waals surface area (Å²) in [6.45, 7) is 0.804. The van der Waals surface area contributed by atoms with E-state index in [1.807, 2.05) is 0 Å². The predicted molar refractivity (Wildman–Crippen MR) is 44.2 cm³/mol. The van der Waals surface area contributed by atoms with Gasteiger partial charge < -0.3 is 14.6 Å². The number of hydrogen-bond donors (Lipinski definition) is 1. The van der Waals surface area contributed by atoms with Gasteiger partial charge in [0.05, 0.1) is 6.61 Å². The van der Waals surface area contributed by atoms with E-state index in [4.69, 9.17) is 9.84 Å². The van der Waals surface area contributed by atoms with E-state index in [2.05, 4.69) is 4.74 Å². The monoisotopic (exact) mass is 188 g/mol. The Kier molecular flexibility index (Phi) is 4.76. The highest BCUT2D eigenvalue weighted by Gasteiger charge is 2.23.